The molecule has 1 saturated heterocycles. The molecule has 114 valence electrons. The molecule has 1 unspecified atom stereocenters. The van der Waals surface area contributed by atoms with Crippen molar-refractivity contribution in [2.75, 3.05) is 33.3 Å². The molecule has 1 amide bonds. The highest BCUT2D eigenvalue weighted by Crippen LogP contribution is 2.19. The molecule has 1 atom stereocenters. The molecule has 1 heterocycles. The van der Waals surface area contributed by atoms with E-state index in [0.29, 0.717) is 25.3 Å². The molecule has 1 aliphatic rings. The number of aryl methyl sites for hydroxylation is 1. The van der Waals surface area contributed by atoms with E-state index in [-0.39, 0.29) is 17.7 Å². The standard InChI is InChI=1S/C14H19N3O4/c1-10-3-4-11(17(19)20)7-13(10)14(18)16(2)9-12-8-15-5-6-21-12/h3-4,7,12,15H,5-6,8-9H2,1-2H3. The normalized spacial score (nSPS) is 18.3. The summed E-state index contributed by atoms with van der Waals surface area (Å²) in [5.74, 6) is -0.231. The van der Waals surface area contributed by atoms with Crippen LogP contribution in [0.3, 0.4) is 0 Å². The number of nitrogens with zero attached hydrogens (tertiary/aromatic N) is 2. The number of nitro benzene ring substituents is 1. The second kappa shape index (κ2) is 6.64. The Morgan fingerprint density at radius 3 is 2.95 bits per heavy atom. The third-order valence-corrected chi connectivity index (χ3v) is 3.49. The van der Waals surface area contributed by atoms with Gasteiger partial charge in [-0.2, -0.15) is 0 Å². The van der Waals surface area contributed by atoms with Crippen molar-refractivity contribution in [3.8, 4) is 0 Å². The van der Waals surface area contributed by atoms with Gasteiger partial charge in [-0.25, -0.2) is 0 Å². The molecule has 0 spiro atoms. The van der Waals surface area contributed by atoms with E-state index < -0.39 is 4.92 Å². The highest BCUT2D eigenvalue weighted by Gasteiger charge is 2.22. The van der Waals surface area contributed by atoms with Crippen molar-refractivity contribution >= 4 is 11.6 Å². The van der Waals surface area contributed by atoms with Gasteiger partial charge < -0.3 is 15.0 Å². The van der Waals surface area contributed by atoms with Crippen LogP contribution in [0.2, 0.25) is 0 Å². The first-order valence-corrected chi connectivity index (χ1v) is 6.82. The highest BCUT2D eigenvalue weighted by atomic mass is 16.6. The zero-order chi connectivity index (χ0) is 15.4. The SMILES string of the molecule is Cc1ccc([N+](=O)[O-])cc1C(=O)N(C)CC1CNCCO1. The summed E-state index contributed by atoms with van der Waals surface area (Å²) in [6.45, 7) is 4.36. The molecular weight excluding hydrogens is 274 g/mol. The minimum Gasteiger partial charge on any atom is -0.374 e. The zero-order valence-electron chi connectivity index (χ0n) is 12.2. The Morgan fingerprint density at radius 1 is 1.57 bits per heavy atom. The van der Waals surface area contributed by atoms with E-state index in [1.54, 1.807) is 24.9 Å². The number of morpholine rings is 1. The lowest BCUT2D eigenvalue weighted by Gasteiger charge is -2.28. The lowest BCUT2D eigenvalue weighted by Crippen LogP contribution is -2.45. The minimum atomic E-state index is -0.496. The highest BCUT2D eigenvalue weighted by molar-refractivity contribution is 5.96. The molecular formula is C14H19N3O4. The summed E-state index contributed by atoms with van der Waals surface area (Å²) in [5, 5.41) is 14.0. The third kappa shape index (κ3) is 3.77. The van der Waals surface area contributed by atoms with Gasteiger partial charge in [-0.05, 0) is 12.5 Å². The molecule has 1 aliphatic heterocycles. The maximum absolute atomic E-state index is 12.4. The smallest absolute Gasteiger partial charge is 0.270 e. The Labute approximate surface area is 123 Å². The molecule has 7 heteroatoms. The molecule has 1 N–H and O–H groups in total. The summed E-state index contributed by atoms with van der Waals surface area (Å²) in [4.78, 5) is 24.3. The van der Waals surface area contributed by atoms with Gasteiger partial charge in [0, 0.05) is 44.4 Å². The maximum Gasteiger partial charge on any atom is 0.270 e. The molecule has 1 aromatic rings. The van der Waals surface area contributed by atoms with Crippen LogP contribution in [-0.2, 0) is 4.74 Å². The number of hydrogen-bond acceptors (Lipinski definition) is 5. The number of nitrogens with one attached hydrogen (secondary N) is 1. The van der Waals surface area contributed by atoms with Gasteiger partial charge in [0.05, 0.1) is 17.6 Å². The average molecular weight is 293 g/mol. The fourth-order valence-electron chi connectivity index (χ4n) is 2.28. The van der Waals surface area contributed by atoms with Gasteiger partial charge in [-0.15, -0.1) is 0 Å². The van der Waals surface area contributed by atoms with Crippen molar-refractivity contribution in [1.82, 2.24) is 10.2 Å². The number of benzene rings is 1. The Bertz CT molecular complexity index is 541. The van der Waals surface area contributed by atoms with Crippen molar-refractivity contribution in [3.05, 3.63) is 39.4 Å². The summed E-state index contributed by atoms with van der Waals surface area (Å²) in [7, 11) is 1.68. The predicted molar refractivity (Wildman–Crippen MR) is 77.4 cm³/mol. The number of nitro groups is 1. The van der Waals surface area contributed by atoms with Gasteiger partial charge in [0.15, 0.2) is 0 Å². The van der Waals surface area contributed by atoms with E-state index in [9.17, 15) is 14.9 Å². The van der Waals surface area contributed by atoms with Gasteiger partial charge in [-0.3, -0.25) is 14.9 Å². The second-order valence-corrected chi connectivity index (χ2v) is 5.14. The minimum absolute atomic E-state index is 0.0493. The molecule has 0 saturated carbocycles. The van der Waals surface area contributed by atoms with Crippen LogP contribution < -0.4 is 5.32 Å². The van der Waals surface area contributed by atoms with Crippen molar-refractivity contribution in [2.24, 2.45) is 0 Å². The van der Waals surface area contributed by atoms with E-state index >= 15 is 0 Å². The van der Waals surface area contributed by atoms with Crippen LogP contribution in [-0.4, -0.2) is 55.1 Å². The average Bonchev–Trinajstić information content (AvgIpc) is 2.47. The molecule has 2 rings (SSSR count). The van der Waals surface area contributed by atoms with Crippen LogP contribution in [0.1, 0.15) is 15.9 Å². The van der Waals surface area contributed by atoms with Crippen molar-refractivity contribution in [3.63, 3.8) is 0 Å². The van der Waals surface area contributed by atoms with Crippen molar-refractivity contribution < 1.29 is 14.5 Å². The van der Waals surface area contributed by atoms with E-state index in [0.717, 1.165) is 12.1 Å². The molecule has 0 aliphatic carbocycles. The van der Waals surface area contributed by atoms with Crippen LogP contribution in [0, 0.1) is 17.0 Å². The number of rotatable bonds is 4. The Hall–Kier alpha value is -1.99. The monoisotopic (exact) mass is 293 g/mol. The Kier molecular flexibility index (Phi) is 4.87. The number of amides is 1. The fourth-order valence-corrected chi connectivity index (χ4v) is 2.28. The Balaban J connectivity index is 2.10. The topological polar surface area (TPSA) is 84.7 Å². The second-order valence-electron chi connectivity index (χ2n) is 5.14. The van der Waals surface area contributed by atoms with E-state index in [1.165, 1.54) is 12.1 Å². The number of carbonyl (C=O) groups excluding carboxylic acids is 1. The molecule has 7 nitrogen and oxygen atoms in total. The lowest BCUT2D eigenvalue weighted by molar-refractivity contribution is -0.384. The van der Waals surface area contributed by atoms with E-state index in [4.69, 9.17) is 4.74 Å². The first-order valence-electron chi connectivity index (χ1n) is 6.82. The molecule has 21 heavy (non-hydrogen) atoms. The fraction of sp³-hybridized carbons (Fsp3) is 0.500. The Morgan fingerprint density at radius 2 is 2.33 bits per heavy atom. The van der Waals surface area contributed by atoms with Crippen molar-refractivity contribution in [1.29, 1.82) is 0 Å². The number of likely N-dealkylation sites (N-methyl/N-ethyl adjacent to an activating group) is 1. The zero-order valence-corrected chi connectivity index (χ0v) is 12.2. The third-order valence-electron chi connectivity index (χ3n) is 3.49. The van der Waals surface area contributed by atoms with E-state index in [1.807, 2.05) is 0 Å². The van der Waals surface area contributed by atoms with Crippen LogP contribution in [0.25, 0.3) is 0 Å². The number of carbonyl (C=O) groups is 1. The first kappa shape index (κ1) is 15.4. The lowest BCUT2D eigenvalue weighted by atomic mass is 10.1. The molecule has 1 fully saturated rings. The van der Waals surface area contributed by atoms with Crippen LogP contribution in [0.5, 0.6) is 0 Å². The molecule has 0 bridgehead atoms. The number of non-ortho nitro benzene ring substituents is 1. The van der Waals surface area contributed by atoms with Crippen LogP contribution in [0.4, 0.5) is 5.69 Å². The summed E-state index contributed by atoms with van der Waals surface area (Å²) in [5.41, 5.74) is 1.00. The van der Waals surface area contributed by atoms with Crippen LogP contribution in [0.15, 0.2) is 18.2 Å². The van der Waals surface area contributed by atoms with Gasteiger partial charge >= 0.3 is 0 Å². The van der Waals surface area contributed by atoms with Crippen molar-refractivity contribution in [2.45, 2.75) is 13.0 Å². The van der Waals surface area contributed by atoms with Crippen LogP contribution >= 0.6 is 0 Å². The van der Waals surface area contributed by atoms with Gasteiger partial charge in [-0.1, -0.05) is 6.07 Å². The quantitative estimate of drug-likeness (QED) is 0.660. The maximum atomic E-state index is 12.4. The molecule has 0 radical (unpaired) electrons. The van der Waals surface area contributed by atoms with E-state index in [2.05, 4.69) is 5.32 Å². The predicted octanol–water partition coefficient (Wildman–Crippen LogP) is 0.964. The van der Waals surface area contributed by atoms with Gasteiger partial charge in [0.2, 0.25) is 0 Å². The molecule has 0 aromatic heterocycles. The largest absolute Gasteiger partial charge is 0.374 e. The molecule has 1 aromatic carbocycles. The van der Waals surface area contributed by atoms with Gasteiger partial charge in [0.1, 0.15) is 0 Å². The van der Waals surface area contributed by atoms with Gasteiger partial charge in [0.25, 0.3) is 11.6 Å². The summed E-state index contributed by atoms with van der Waals surface area (Å²) >= 11 is 0. The number of ether oxygens (including phenoxy) is 1. The number of hydrogen-bond donors (Lipinski definition) is 1. The first-order chi connectivity index (χ1) is 9.99. The summed E-state index contributed by atoms with van der Waals surface area (Å²) in [6, 6.07) is 4.33. The summed E-state index contributed by atoms with van der Waals surface area (Å²) in [6.07, 6.45) is -0.0493. The summed E-state index contributed by atoms with van der Waals surface area (Å²) < 4.78 is 5.56.